The molecule has 1 aromatic rings. The molecule has 22 heavy (non-hydrogen) atoms. The third-order valence-electron chi connectivity index (χ3n) is 4.46. The normalized spacial score (nSPS) is 22.4. The second-order valence-corrected chi connectivity index (χ2v) is 8.88. The lowest BCUT2D eigenvalue weighted by molar-refractivity contribution is 0.155. The van der Waals surface area contributed by atoms with E-state index in [-0.39, 0.29) is 23.9 Å². The highest BCUT2D eigenvalue weighted by molar-refractivity contribution is 7.89. The zero-order chi connectivity index (χ0) is 15.8. The van der Waals surface area contributed by atoms with Gasteiger partial charge in [0.2, 0.25) is 10.0 Å². The Morgan fingerprint density at radius 3 is 2.23 bits per heavy atom. The molecule has 0 bridgehead atoms. The Morgan fingerprint density at radius 1 is 1.23 bits per heavy atom. The molecular weight excluding hydrogens is 320 g/mol. The summed E-state index contributed by atoms with van der Waals surface area (Å²) in [6.07, 6.45) is 0.705. The molecule has 1 unspecified atom stereocenters. The van der Waals surface area contributed by atoms with Crippen LogP contribution in [-0.4, -0.2) is 31.9 Å². The van der Waals surface area contributed by atoms with Crippen molar-refractivity contribution in [2.45, 2.75) is 51.0 Å². The van der Waals surface area contributed by atoms with Crippen LogP contribution in [0, 0.1) is 5.41 Å². The van der Waals surface area contributed by atoms with Crippen LogP contribution in [0.3, 0.4) is 0 Å². The van der Waals surface area contributed by atoms with E-state index in [9.17, 15) is 8.42 Å². The molecule has 0 spiro atoms. The van der Waals surface area contributed by atoms with E-state index < -0.39 is 10.0 Å². The molecule has 1 aromatic carbocycles. The van der Waals surface area contributed by atoms with E-state index in [1.165, 1.54) is 0 Å². The van der Waals surface area contributed by atoms with Gasteiger partial charge in [-0.25, -0.2) is 8.42 Å². The monoisotopic (exact) mass is 346 g/mol. The number of sulfonamides is 1. The Labute approximate surface area is 140 Å². The van der Waals surface area contributed by atoms with Gasteiger partial charge in [-0.1, -0.05) is 39.8 Å². The zero-order valence-corrected chi connectivity index (χ0v) is 15.4. The summed E-state index contributed by atoms with van der Waals surface area (Å²) in [6, 6.07) is 7.28. The first kappa shape index (κ1) is 19.4. The highest BCUT2D eigenvalue weighted by Gasteiger charge is 2.38. The second kappa shape index (κ2) is 6.87. The summed E-state index contributed by atoms with van der Waals surface area (Å²) >= 11 is 0. The van der Waals surface area contributed by atoms with Crippen LogP contribution in [0.1, 0.15) is 45.6 Å². The van der Waals surface area contributed by atoms with Crippen LogP contribution in [0.2, 0.25) is 0 Å². The minimum absolute atomic E-state index is 0. The molecule has 1 fully saturated rings. The van der Waals surface area contributed by atoms with Crippen LogP contribution in [0.25, 0.3) is 0 Å². The quantitative estimate of drug-likeness (QED) is 0.915. The molecule has 2 N–H and O–H groups in total. The number of nitrogens with zero attached hydrogens (tertiary/aromatic N) is 1. The van der Waals surface area contributed by atoms with Crippen molar-refractivity contribution >= 4 is 22.4 Å². The van der Waals surface area contributed by atoms with Gasteiger partial charge in [-0.15, -0.1) is 12.4 Å². The smallest absolute Gasteiger partial charge is 0.243 e. The number of hydrogen-bond donors (Lipinski definition) is 1. The Balaban J connectivity index is 0.00000242. The molecule has 4 nitrogen and oxygen atoms in total. The molecule has 1 atom stereocenters. The average Bonchev–Trinajstić information content (AvgIpc) is 2.41. The van der Waals surface area contributed by atoms with Crippen molar-refractivity contribution in [3.05, 3.63) is 29.8 Å². The van der Waals surface area contributed by atoms with E-state index in [1.54, 1.807) is 16.4 Å². The minimum Gasteiger partial charge on any atom is -0.327 e. The van der Waals surface area contributed by atoms with E-state index in [0.717, 1.165) is 5.56 Å². The number of hydrogen-bond acceptors (Lipinski definition) is 3. The van der Waals surface area contributed by atoms with Gasteiger partial charge in [0.15, 0.2) is 0 Å². The molecule has 1 saturated heterocycles. The zero-order valence-electron chi connectivity index (χ0n) is 13.7. The predicted octanol–water partition coefficient (Wildman–Crippen LogP) is 2.98. The number of piperidine rings is 1. The van der Waals surface area contributed by atoms with E-state index in [0.29, 0.717) is 30.3 Å². The van der Waals surface area contributed by atoms with Crippen LogP contribution < -0.4 is 5.73 Å². The molecule has 126 valence electrons. The van der Waals surface area contributed by atoms with Crippen LogP contribution in [-0.2, 0) is 10.0 Å². The van der Waals surface area contributed by atoms with Crippen molar-refractivity contribution in [2.75, 3.05) is 13.1 Å². The molecule has 0 radical (unpaired) electrons. The van der Waals surface area contributed by atoms with Crippen molar-refractivity contribution in [2.24, 2.45) is 11.1 Å². The molecule has 1 heterocycles. The Morgan fingerprint density at radius 2 is 1.77 bits per heavy atom. The fourth-order valence-corrected chi connectivity index (χ4v) is 4.33. The maximum atomic E-state index is 12.7. The molecule has 1 aliphatic heterocycles. The van der Waals surface area contributed by atoms with Gasteiger partial charge in [0.1, 0.15) is 0 Å². The van der Waals surface area contributed by atoms with Gasteiger partial charge in [0, 0.05) is 19.1 Å². The van der Waals surface area contributed by atoms with E-state index >= 15 is 0 Å². The summed E-state index contributed by atoms with van der Waals surface area (Å²) in [5, 5.41) is 0. The van der Waals surface area contributed by atoms with Gasteiger partial charge in [-0.3, -0.25) is 0 Å². The molecule has 6 heteroatoms. The summed E-state index contributed by atoms with van der Waals surface area (Å²) < 4.78 is 27.1. The molecule has 0 amide bonds. The highest BCUT2D eigenvalue weighted by Crippen LogP contribution is 2.31. The lowest BCUT2D eigenvalue weighted by atomic mass is 9.81. The van der Waals surface area contributed by atoms with Gasteiger partial charge in [-0.05, 0) is 35.4 Å². The summed E-state index contributed by atoms with van der Waals surface area (Å²) in [5.74, 6) is 0.397. The van der Waals surface area contributed by atoms with Gasteiger partial charge < -0.3 is 5.73 Å². The van der Waals surface area contributed by atoms with Crippen LogP contribution in [0.15, 0.2) is 29.2 Å². The summed E-state index contributed by atoms with van der Waals surface area (Å²) in [6.45, 7) is 9.22. The fraction of sp³-hybridized carbons (Fsp3) is 0.625. The van der Waals surface area contributed by atoms with Crippen molar-refractivity contribution in [3.8, 4) is 0 Å². The number of nitrogens with two attached hydrogens (primary N) is 1. The summed E-state index contributed by atoms with van der Waals surface area (Å²) in [4.78, 5) is 0.373. The number of halogens is 1. The van der Waals surface area contributed by atoms with Crippen molar-refractivity contribution in [1.82, 2.24) is 4.31 Å². The standard InChI is InChI=1S/C16H26N2O2S.ClH/c1-12(2)13-5-7-14(8-6-13)21(19,20)18-10-9-15(17)16(3,4)11-18;/h5-8,12,15H,9-11,17H2,1-4H3;1H. The van der Waals surface area contributed by atoms with Gasteiger partial charge in [0.05, 0.1) is 4.90 Å². The van der Waals surface area contributed by atoms with Gasteiger partial charge in [0.25, 0.3) is 0 Å². The van der Waals surface area contributed by atoms with Gasteiger partial charge in [-0.2, -0.15) is 4.31 Å². The van der Waals surface area contributed by atoms with Crippen LogP contribution >= 0.6 is 12.4 Å². The van der Waals surface area contributed by atoms with E-state index in [4.69, 9.17) is 5.73 Å². The van der Waals surface area contributed by atoms with Crippen LogP contribution in [0.5, 0.6) is 0 Å². The predicted molar refractivity (Wildman–Crippen MR) is 92.9 cm³/mol. The topological polar surface area (TPSA) is 63.4 Å². The first-order chi connectivity index (χ1) is 9.64. The van der Waals surface area contributed by atoms with Crippen molar-refractivity contribution in [3.63, 3.8) is 0 Å². The molecule has 2 rings (SSSR count). The van der Waals surface area contributed by atoms with Crippen molar-refractivity contribution in [1.29, 1.82) is 0 Å². The minimum atomic E-state index is -3.42. The van der Waals surface area contributed by atoms with E-state index in [1.807, 2.05) is 26.0 Å². The number of rotatable bonds is 3. The van der Waals surface area contributed by atoms with Gasteiger partial charge >= 0.3 is 0 Å². The van der Waals surface area contributed by atoms with E-state index in [2.05, 4.69) is 13.8 Å². The first-order valence-corrected chi connectivity index (χ1v) is 8.94. The molecule has 0 saturated carbocycles. The Kier molecular flexibility index (Phi) is 6.07. The molecule has 0 aromatic heterocycles. The van der Waals surface area contributed by atoms with Crippen molar-refractivity contribution < 1.29 is 8.42 Å². The molecule has 1 aliphatic rings. The maximum Gasteiger partial charge on any atom is 0.243 e. The second-order valence-electron chi connectivity index (χ2n) is 6.95. The Hall–Kier alpha value is -0.620. The Bertz CT molecular complexity index is 597. The lowest BCUT2D eigenvalue weighted by Crippen LogP contribution is -2.53. The third-order valence-corrected chi connectivity index (χ3v) is 6.32. The third kappa shape index (κ3) is 3.82. The summed E-state index contributed by atoms with van der Waals surface area (Å²) in [7, 11) is -3.42. The number of benzene rings is 1. The largest absolute Gasteiger partial charge is 0.327 e. The molecule has 0 aliphatic carbocycles. The highest BCUT2D eigenvalue weighted by atomic mass is 35.5. The average molecular weight is 347 g/mol. The van der Waals surface area contributed by atoms with Crippen LogP contribution in [0.4, 0.5) is 0 Å². The summed E-state index contributed by atoms with van der Waals surface area (Å²) in [5.41, 5.74) is 7.05. The fourth-order valence-electron chi connectivity index (χ4n) is 2.70. The maximum absolute atomic E-state index is 12.7. The lowest BCUT2D eigenvalue weighted by Gasteiger charge is -2.41. The SMILES string of the molecule is CC(C)c1ccc(S(=O)(=O)N2CCC(N)C(C)(C)C2)cc1.Cl. The first-order valence-electron chi connectivity index (χ1n) is 7.50. The molecular formula is C16H27ClN2O2S.